The summed E-state index contributed by atoms with van der Waals surface area (Å²) in [5.41, 5.74) is 0.823. The maximum Gasteiger partial charge on any atom is 0.227 e. The van der Waals surface area contributed by atoms with Crippen LogP contribution in [0, 0.1) is 11.3 Å². The highest BCUT2D eigenvalue weighted by Crippen LogP contribution is 2.42. The van der Waals surface area contributed by atoms with Gasteiger partial charge in [0, 0.05) is 50.7 Å². The molecule has 1 aromatic rings. The zero-order chi connectivity index (χ0) is 18.0. The lowest BCUT2D eigenvalue weighted by molar-refractivity contribution is -0.134. The fourth-order valence-electron chi connectivity index (χ4n) is 4.22. The normalized spacial score (nSPS) is 25.8. The number of piperidine rings is 1. The number of amides is 2. The van der Waals surface area contributed by atoms with Crippen LogP contribution in [0.2, 0.25) is 5.02 Å². The molecule has 0 aromatic heterocycles. The second-order valence-electron chi connectivity index (χ2n) is 7.30. The molecule has 2 fully saturated rings. The van der Waals surface area contributed by atoms with E-state index in [2.05, 4.69) is 0 Å². The molecule has 5 nitrogen and oxygen atoms in total. The molecule has 25 heavy (non-hydrogen) atoms. The van der Waals surface area contributed by atoms with Gasteiger partial charge in [0.15, 0.2) is 0 Å². The molecule has 2 atom stereocenters. The maximum absolute atomic E-state index is 12.8. The summed E-state index contributed by atoms with van der Waals surface area (Å²) >= 11 is 5.91. The predicted molar refractivity (Wildman–Crippen MR) is 96.4 cm³/mol. The molecule has 0 N–H and O–H groups in total. The summed E-state index contributed by atoms with van der Waals surface area (Å²) in [4.78, 5) is 28.4. The fraction of sp³-hybridized carbons (Fsp3) is 0.579. The van der Waals surface area contributed by atoms with Crippen LogP contribution in [-0.4, -0.2) is 61.5 Å². The van der Waals surface area contributed by atoms with Crippen molar-refractivity contribution >= 4 is 23.4 Å². The summed E-state index contributed by atoms with van der Waals surface area (Å²) in [5, 5.41) is 0.673. The minimum absolute atomic E-state index is 0.0971. The summed E-state index contributed by atoms with van der Waals surface area (Å²) in [5.74, 6) is 0.610. The summed E-state index contributed by atoms with van der Waals surface area (Å²) in [6, 6.07) is 7.41. The molecule has 2 amide bonds. The smallest absolute Gasteiger partial charge is 0.227 e. The Morgan fingerprint density at radius 3 is 2.56 bits per heavy atom. The van der Waals surface area contributed by atoms with Crippen molar-refractivity contribution in [1.29, 1.82) is 0 Å². The molecule has 0 bridgehead atoms. The average Bonchev–Trinajstić information content (AvgIpc) is 2.95. The number of carbonyl (C=O) groups excluding carboxylic acids is 2. The minimum atomic E-state index is -0.145. The van der Waals surface area contributed by atoms with Gasteiger partial charge in [-0.15, -0.1) is 0 Å². The SMILES string of the molecule is COC[C@@]12CN(C(C)=O)CC[C@@H]1CN(C(=O)Cc1ccc(Cl)cc1)C2. The highest BCUT2D eigenvalue weighted by Gasteiger charge is 2.51. The molecule has 0 radical (unpaired) electrons. The Labute approximate surface area is 153 Å². The van der Waals surface area contributed by atoms with Crippen LogP contribution in [-0.2, 0) is 20.7 Å². The van der Waals surface area contributed by atoms with Crippen LogP contribution in [0.25, 0.3) is 0 Å². The summed E-state index contributed by atoms with van der Waals surface area (Å²) in [6.45, 7) is 5.03. The second kappa shape index (κ2) is 7.34. The molecule has 2 aliphatic rings. The van der Waals surface area contributed by atoms with Crippen molar-refractivity contribution in [3.8, 4) is 0 Å². The second-order valence-corrected chi connectivity index (χ2v) is 7.74. The number of halogens is 1. The van der Waals surface area contributed by atoms with E-state index in [0.29, 0.717) is 37.1 Å². The van der Waals surface area contributed by atoms with Gasteiger partial charge in [0.05, 0.1) is 13.0 Å². The van der Waals surface area contributed by atoms with Gasteiger partial charge in [-0.3, -0.25) is 9.59 Å². The zero-order valence-corrected chi connectivity index (χ0v) is 15.6. The third kappa shape index (κ3) is 3.82. The van der Waals surface area contributed by atoms with Crippen LogP contribution in [0.15, 0.2) is 24.3 Å². The fourth-order valence-corrected chi connectivity index (χ4v) is 4.35. The van der Waals surface area contributed by atoms with Crippen molar-refractivity contribution in [2.45, 2.75) is 19.8 Å². The summed E-state index contributed by atoms with van der Waals surface area (Å²) in [7, 11) is 1.69. The topological polar surface area (TPSA) is 49.9 Å². The van der Waals surface area contributed by atoms with Gasteiger partial charge in [-0.1, -0.05) is 23.7 Å². The van der Waals surface area contributed by atoms with Crippen molar-refractivity contribution in [3.63, 3.8) is 0 Å². The molecular formula is C19H25ClN2O3. The van der Waals surface area contributed by atoms with Gasteiger partial charge in [-0.2, -0.15) is 0 Å². The Hall–Kier alpha value is -1.59. The number of hydrogen-bond donors (Lipinski definition) is 0. The number of benzene rings is 1. The Balaban J connectivity index is 1.71. The van der Waals surface area contributed by atoms with Gasteiger partial charge in [0.25, 0.3) is 0 Å². The van der Waals surface area contributed by atoms with Crippen molar-refractivity contribution in [3.05, 3.63) is 34.9 Å². The molecule has 2 aliphatic heterocycles. The molecule has 6 heteroatoms. The van der Waals surface area contributed by atoms with Crippen molar-refractivity contribution in [1.82, 2.24) is 9.80 Å². The first-order valence-corrected chi connectivity index (χ1v) is 9.08. The monoisotopic (exact) mass is 364 g/mol. The van der Waals surface area contributed by atoms with Crippen LogP contribution < -0.4 is 0 Å². The van der Waals surface area contributed by atoms with Crippen LogP contribution in [0.3, 0.4) is 0 Å². The average molecular weight is 365 g/mol. The zero-order valence-electron chi connectivity index (χ0n) is 14.8. The van der Waals surface area contributed by atoms with E-state index < -0.39 is 0 Å². The van der Waals surface area contributed by atoms with Gasteiger partial charge >= 0.3 is 0 Å². The van der Waals surface area contributed by atoms with Gasteiger partial charge in [-0.05, 0) is 30.0 Å². The van der Waals surface area contributed by atoms with Crippen molar-refractivity contribution in [2.75, 3.05) is 39.9 Å². The molecule has 3 rings (SSSR count). The number of nitrogens with zero attached hydrogens (tertiary/aromatic N) is 2. The lowest BCUT2D eigenvalue weighted by Crippen LogP contribution is -2.52. The number of rotatable bonds is 4. The molecular weight excluding hydrogens is 340 g/mol. The molecule has 2 saturated heterocycles. The van der Waals surface area contributed by atoms with Crippen LogP contribution in [0.4, 0.5) is 0 Å². The predicted octanol–water partition coefficient (Wildman–Crippen LogP) is 2.23. The van der Waals surface area contributed by atoms with Crippen LogP contribution in [0.1, 0.15) is 18.9 Å². The van der Waals surface area contributed by atoms with Crippen molar-refractivity contribution in [2.24, 2.45) is 11.3 Å². The van der Waals surface area contributed by atoms with Gasteiger partial charge in [0.2, 0.25) is 11.8 Å². The highest BCUT2D eigenvalue weighted by molar-refractivity contribution is 6.30. The van der Waals surface area contributed by atoms with E-state index in [1.807, 2.05) is 34.1 Å². The number of hydrogen-bond acceptors (Lipinski definition) is 3. The Morgan fingerprint density at radius 1 is 1.24 bits per heavy atom. The van der Waals surface area contributed by atoms with E-state index in [0.717, 1.165) is 25.1 Å². The molecule has 0 aliphatic carbocycles. The number of carbonyl (C=O) groups is 2. The van der Waals surface area contributed by atoms with E-state index in [4.69, 9.17) is 16.3 Å². The van der Waals surface area contributed by atoms with E-state index in [9.17, 15) is 9.59 Å². The standard InChI is InChI=1S/C19H25ClN2O3/c1-14(23)21-8-7-16-10-22(12-19(16,11-21)13-25-2)18(24)9-15-3-5-17(20)6-4-15/h3-6,16H,7-13H2,1-2H3/t16-,19+/m1/s1. The van der Waals surface area contributed by atoms with E-state index >= 15 is 0 Å². The number of fused-ring (bicyclic) bond motifs is 1. The summed E-state index contributed by atoms with van der Waals surface area (Å²) in [6.07, 6.45) is 1.30. The maximum atomic E-state index is 12.8. The first-order valence-electron chi connectivity index (χ1n) is 8.70. The van der Waals surface area contributed by atoms with E-state index in [-0.39, 0.29) is 17.2 Å². The molecule has 0 saturated carbocycles. The third-order valence-corrected chi connectivity index (χ3v) is 5.82. The summed E-state index contributed by atoms with van der Waals surface area (Å²) < 4.78 is 5.48. The minimum Gasteiger partial charge on any atom is -0.384 e. The van der Waals surface area contributed by atoms with Crippen LogP contribution in [0.5, 0.6) is 0 Å². The van der Waals surface area contributed by atoms with E-state index in [1.54, 1.807) is 14.0 Å². The van der Waals surface area contributed by atoms with Crippen molar-refractivity contribution < 1.29 is 14.3 Å². The molecule has 2 heterocycles. The quantitative estimate of drug-likeness (QED) is 0.823. The molecule has 1 aromatic carbocycles. The molecule has 0 spiro atoms. The number of likely N-dealkylation sites (tertiary alicyclic amines) is 2. The lowest BCUT2D eigenvalue weighted by atomic mass is 9.74. The van der Waals surface area contributed by atoms with Gasteiger partial charge in [0.1, 0.15) is 0 Å². The van der Waals surface area contributed by atoms with E-state index in [1.165, 1.54) is 0 Å². The van der Waals surface area contributed by atoms with Crippen LogP contribution >= 0.6 is 11.6 Å². The molecule has 0 unspecified atom stereocenters. The highest BCUT2D eigenvalue weighted by atomic mass is 35.5. The lowest BCUT2D eigenvalue weighted by Gasteiger charge is -2.43. The number of methoxy groups -OCH3 is 1. The first kappa shape index (κ1) is 18.2. The van der Waals surface area contributed by atoms with Gasteiger partial charge in [-0.25, -0.2) is 0 Å². The number of ether oxygens (including phenoxy) is 1. The Bertz CT molecular complexity index is 649. The largest absolute Gasteiger partial charge is 0.384 e. The Kier molecular flexibility index (Phi) is 5.35. The Morgan fingerprint density at radius 2 is 1.92 bits per heavy atom. The molecule has 136 valence electrons. The first-order chi connectivity index (χ1) is 11.9. The van der Waals surface area contributed by atoms with Gasteiger partial charge < -0.3 is 14.5 Å². The third-order valence-electron chi connectivity index (χ3n) is 5.56.